The fourth-order valence-corrected chi connectivity index (χ4v) is 4.67. The molecule has 1 aliphatic rings. The first-order valence-corrected chi connectivity index (χ1v) is 11.5. The van der Waals surface area contributed by atoms with E-state index in [4.69, 9.17) is 19.6 Å². The Balaban J connectivity index is 1.62. The summed E-state index contributed by atoms with van der Waals surface area (Å²) in [6.07, 6.45) is 0.869. The lowest BCUT2D eigenvalue weighted by atomic mass is 9.94. The van der Waals surface area contributed by atoms with Crippen LogP contribution in [0.5, 0.6) is 0 Å². The van der Waals surface area contributed by atoms with Gasteiger partial charge in [0.25, 0.3) is 0 Å². The molecule has 0 aliphatic carbocycles. The lowest BCUT2D eigenvalue weighted by molar-refractivity contribution is -0.0742. The van der Waals surface area contributed by atoms with Crippen molar-refractivity contribution in [2.45, 2.75) is 71.5 Å². The van der Waals surface area contributed by atoms with Crippen LogP contribution in [0.4, 0.5) is 0 Å². The molecule has 31 heavy (non-hydrogen) atoms. The summed E-state index contributed by atoms with van der Waals surface area (Å²) in [5.74, 6) is 1.53. The van der Waals surface area contributed by atoms with E-state index < -0.39 is 0 Å². The molecule has 0 radical (unpaired) electrons. The summed E-state index contributed by atoms with van der Waals surface area (Å²) in [6, 6.07) is 16.5. The zero-order chi connectivity index (χ0) is 22.2. The van der Waals surface area contributed by atoms with Crippen molar-refractivity contribution in [2.24, 2.45) is 0 Å². The second kappa shape index (κ2) is 8.49. The van der Waals surface area contributed by atoms with Gasteiger partial charge in [-0.25, -0.2) is 9.67 Å². The van der Waals surface area contributed by atoms with Gasteiger partial charge < -0.3 is 9.47 Å². The zero-order valence-electron chi connectivity index (χ0n) is 18.9. The van der Waals surface area contributed by atoms with E-state index in [0.717, 1.165) is 27.8 Å². The van der Waals surface area contributed by atoms with Crippen molar-refractivity contribution in [1.29, 1.82) is 0 Å². The van der Waals surface area contributed by atoms with Crippen LogP contribution in [0.1, 0.15) is 57.1 Å². The summed E-state index contributed by atoms with van der Waals surface area (Å²) in [5, 5.41) is 4.92. The van der Waals surface area contributed by atoms with Gasteiger partial charge in [0.15, 0.2) is 11.6 Å². The van der Waals surface area contributed by atoms with Crippen molar-refractivity contribution in [3.05, 3.63) is 70.0 Å². The van der Waals surface area contributed by atoms with Gasteiger partial charge in [-0.1, -0.05) is 57.9 Å². The lowest BCUT2D eigenvalue weighted by Crippen LogP contribution is -2.32. The molecular formula is C25H30BrN3O2. The van der Waals surface area contributed by atoms with Crippen molar-refractivity contribution < 1.29 is 9.47 Å². The first-order valence-electron chi connectivity index (χ1n) is 10.7. The Labute approximate surface area is 192 Å². The second-order valence-corrected chi connectivity index (χ2v) is 10.4. The van der Waals surface area contributed by atoms with Gasteiger partial charge in [0, 0.05) is 16.5 Å². The van der Waals surface area contributed by atoms with Crippen LogP contribution < -0.4 is 0 Å². The van der Waals surface area contributed by atoms with E-state index in [1.807, 2.05) is 28.9 Å². The summed E-state index contributed by atoms with van der Waals surface area (Å²) in [4.78, 5) is 4.87. The second-order valence-electron chi connectivity index (χ2n) is 9.47. The molecule has 0 N–H and O–H groups in total. The van der Waals surface area contributed by atoms with Gasteiger partial charge in [0.05, 0.1) is 23.9 Å². The number of ether oxygens (including phenoxy) is 2. The molecule has 0 saturated carbocycles. The van der Waals surface area contributed by atoms with E-state index in [2.05, 4.69) is 74.8 Å². The number of hydrogen-bond acceptors (Lipinski definition) is 4. The smallest absolute Gasteiger partial charge is 0.181 e. The van der Waals surface area contributed by atoms with Crippen molar-refractivity contribution in [3.8, 4) is 11.4 Å². The van der Waals surface area contributed by atoms with Crippen molar-refractivity contribution in [1.82, 2.24) is 14.8 Å². The predicted molar refractivity (Wildman–Crippen MR) is 126 cm³/mol. The van der Waals surface area contributed by atoms with Gasteiger partial charge in [-0.3, -0.25) is 0 Å². The molecular weight excluding hydrogens is 454 g/mol. The molecule has 2 heterocycles. The molecule has 3 aromatic rings. The lowest BCUT2D eigenvalue weighted by Gasteiger charge is -2.27. The molecule has 164 valence electrons. The highest BCUT2D eigenvalue weighted by Gasteiger charge is 2.48. The number of aryl methyl sites for hydroxylation is 1. The molecule has 1 aromatic heterocycles. The molecule has 6 heteroatoms. The van der Waals surface area contributed by atoms with E-state index in [0.29, 0.717) is 19.0 Å². The standard InChI is InChI=1S/C25H30BrN3O2/c1-17-7-6-8-18(13-17)15-30-16-22-27-23(19-9-11-20(26)12-10-19)28-29(22)21-14-24(2,3)31-25(21,4)5/h6-13,21H,14-16H2,1-5H3. The summed E-state index contributed by atoms with van der Waals surface area (Å²) < 4.78 is 15.5. The maximum atomic E-state index is 6.34. The van der Waals surface area contributed by atoms with Crippen molar-refractivity contribution in [3.63, 3.8) is 0 Å². The summed E-state index contributed by atoms with van der Waals surface area (Å²) in [7, 11) is 0. The van der Waals surface area contributed by atoms with E-state index in [-0.39, 0.29) is 17.2 Å². The summed E-state index contributed by atoms with van der Waals surface area (Å²) in [5.41, 5.74) is 2.81. The Hall–Kier alpha value is -2.02. The fraction of sp³-hybridized carbons (Fsp3) is 0.440. The molecule has 4 rings (SSSR count). The maximum absolute atomic E-state index is 6.34. The van der Waals surface area contributed by atoms with Crippen LogP contribution in [0.2, 0.25) is 0 Å². The molecule has 1 fully saturated rings. The minimum atomic E-state index is -0.348. The van der Waals surface area contributed by atoms with Gasteiger partial charge in [-0.15, -0.1) is 0 Å². The Bertz CT molecular complexity index is 1060. The van der Waals surface area contributed by atoms with E-state index >= 15 is 0 Å². The number of hydrogen-bond donors (Lipinski definition) is 0. The zero-order valence-corrected chi connectivity index (χ0v) is 20.4. The number of nitrogens with zero attached hydrogens (tertiary/aromatic N) is 3. The molecule has 5 nitrogen and oxygen atoms in total. The number of aromatic nitrogens is 3. The highest BCUT2D eigenvalue weighted by atomic mass is 79.9. The quantitative estimate of drug-likeness (QED) is 0.415. The molecule has 1 aliphatic heterocycles. The number of halogens is 1. The van der Waals surface area contributed by atoms with Crippen LogP contribution in [-0.4, -0.2) is 26.0 Å². The van der Waals surface area contributed by atoms with Crippen LogP contribution in [0.15, 0.2) is 53.0 Å². The van der Waals surface area contributed by atoms with E-state index in [9.17, 15) is 0 Å². The minimum Gasteiger partial charge on any atom is -0.369 e. The predicted octanol–water partition coefficient (Wildman–Crippen LogP) is 6.25. The number of benzene rings is 2. The molecule has 1 atom stereocenters. The molecule has 2 aromatic carbocycles. The van der Waals surface area contributed by atoms with Crippen molar-refractivity contribution in [2.75, 3.05) is 0 Å². The average Bonchev–Trinajstić information content (AvgIpc) is 3.19. The third-order valence-electron chi connectivity index (χ3n) is 5.71. The minimum absolute atomic E-state index is 0.0803. The van der Waals surface area contributed by atoms with E-state index in [1.165, 1.54) is 5.56 Å². The Morgan fingerprint density at radius 3 is 2.48 bits per heavy atom. The van der Waals surface area contributed by atoms with Crippen LogP contribution >= 0.6 is 15.9 Å². The van der Waals surface area contributed by atoms with Gasteiger partial charge in [0.2, 0.25) is 0 Å². The SMILES string of the molecule is Cc1cccc(COCc2nc(-c3ccc(Br)cc3)nn2C2CC(C)(C)OC2(C)C)c1. The first kappa shape index (κ1) is 22.2. The Kier molecular flexibility index (Phi) is 6.08. The molecule has 1 unspecified atom stereocenters. The maximum Gasteiger partial charge on any atom is 0.181 e. The highest BCUT2D eigenvalue weighted by molar-refractivity contribution is 9.10. The highest BCUT2D eigenvalue weighted by Crippen LogP contribution is 2.45. The van der Waals surface area contributed by atoms with Gasteiger partial charge in [-0.05, 0) is 52.3 Å². The van der Waals surface area contributed by atoms with Gasteiger partial charge in [-0.2, -0.15) is 5.10 Å². The third kappa shape index (κ3) is 5.08. The first-order chi connectivity index (χ1) is 14.6. The van der Waals surface area contributed by atoms with Crippen molar-refractivity contribution >= 4 is 15.9 Å². The van der Waals surface area contributed by atoms with Gasteiger partial charge in [0.1, 0.15) is 6.61 Å². The van der Waals surface area contributed by atoms with Crippen LogP contribution in [0, 0.1) is 6.92 Å². The van der Waals surface area contributed by atoms with Crippen LogP contribution in [0.3, 0.4) is 0 Å². The fourth-order valence-electron chi connectivity index (χ4n) is 4.40. The topological polar surface area (TPSA) is 49.2 Å². The van der Waals surface area contributed by atoms with Gasteiger partial charge >= 0.3 is 0 Å². The molecule has 0 bridgehead atoms. The Morgan fingerprint density at radius 2 is 1.84 bits per heavy atom. The summed E-state index contributed by atoms with van der Waals surface area (Å²) in [6.45, 7) is 11.6. The monoisotopic (exact) mass is 483 g/mol. The molecule has 0 amide bonds. The Morgan fingerprint density at radius 1 is 1.10 bits per heavy atom. The summed E-state index contributed by atoms with van der Waals surface area (Å²) >= 11 is 3.50. The van der Waals surface area contributed by atoms with E-state index in [1.54, 1.807) is 0 Å². The number of rotatable bonds is 6. The molecule has 1 saturated heterocycles. The van der Waals surface area contributed by atoms with Crippen LogP contribution in [0.25, 0.3) is 11.4 Å². The third-order valence-corrected chi connectivity index (χ3v) is 6.24. The average molecular weight is 484 g/mol. The normalized spacial score (nSPS) is 19.6. The van der Waals surface area contributed by atoms with Crippen LogP contribution in [-0.2, 0) is 22.7 Å². The largest absolute Gasteiger partial charge is 0.369 e. The molecule has 0 spiro atoms.